The fraction of sp³-hybridized carbons (Fsp3) is 0.588. The molecule has 0 radical (unpaired) electrons. The average molecular weight is 336 g/mol. The van der Waals surface area contributed by atoms with E-state index in [0.29, 0.717) is 25.9 Å². The van der Waals surface area contributed by atoms with E-state index in [1.807, 2.05) is 12.1 Å². The number of carbonyl (C=O) groups is 1. The van der Waals surface area contributed by atoms with E-state index in [1.54, 1.807) is 12.1 Å². The van der Waals surface area contributed by atoms with Crippen molar-refractivity contribution in [1.82, 2.24) is 9.62 Å². The van der Waals surface area contributed by atoms with Crippen molar-refractivity contribution in [3.63, 3.8) is 0 Å². The van der Waals surface area contributed by atoms with Gasteiger partial charge in [0, 0.05) is 13.1 Å². The lowest BCUT2D eigenvalue weighted by molar-refractivity contribution is -0.126. The van der Waals surface area contributed by atoms with Crippen molar-refractivity contribution < 1.29 is 13.2 Å². The third-order valence-corrected chi connectivity index (χ3v) is 6.96. The molecule has 1 aromatic rings. The lowest BCUT2D eigenvalue weighted by atomic mass is 9.87. The summed E-state index contributed by atoms with van der Waals surface area (Å²) < 4.78 is 27.5. The predicted octanol–water partition coefficient (Wildman–Crippen LogP) is 2.03. The molecule has 1 amide bonds. The van der Waals surface area contributed by atoms with E-state index in [-0.39, 0.29) is 16.2 Å². The molecule has 0 unspecified atom stereocenters. The van der Waals surface area contributed by atoms with Crippen LogP contribution in [0.25, 0.3) is 0 Å². The van der Waals surface area contributed by atoms with Crippen molar-refractivity contribution in [2.75, 3.05) is 13.1 Å². The van der Waals surface area contributed by atoms with Gasteiger partial charge in [0.2, 0.25) is 15.9 Å². The van der Waals surface area contributed by atoms with Crippen LogP contribution in [0.4, 0.5) is 0 Å². The second kappa shape index (κ2) is 5.31. The maximum absolute atomic E-state index is 13.0. The number of nitrogens with one attached hydrogen (secondary N) is 1. The van der Waals surface area contributed by atoms with Crippen LogP contribution in [0, 0.1) is 0 Å². The number of hydrogen-bond donors (Lipinski definition) is 1. The third-order valence-electron chi connectivity index (χ3n) is 4.98. The minimum absolute atomic E-state index is 0.0253. The zero-order valence-corrected chi connectivity index (χ0v) is 14.7. The highest BCUT2D eigenvalue weighted by atomic mass is 32.2. The van der Waals surface area contributed by atoms with E-state index in [0.717, 1.165) is 12.0 Å². The van der Waals surface area contributed by atoms with Gasteiger partial charge in [0.15, 0.2) is 0 Å². The molecule has 5 nitrogen and oxygen atoms in total. The van der Waals surface area contributed by atoms with Crippen molar-refractivity contribution in [2.45, 2.75) is 55.9 Å². The molecular formula is C17H24N2O3S. The van der Waals surface area contributed by atoms with E-state index in [2.05, 4.69) is 26.1 Å². The van der Waals surface area contributed by atoms with Gasteiger partial charge < -0.3 is 5.32 Å². The van der Waals surface area contributed by atoms with E-state index in [1.165, 1.54) is 4.31 Å². The molecule has 0 aliphatic carbocycles. The van der Waals surface area contributed by atoms with Crippen molar-refractivity contribution >= 4 is 15.9 Å². The number of amides is 1. The van der Waals surface area contributed by atoms with E-state index >= 15 is 0 Å². The first-order chi connectivity index (χ1) is 10.7. The van der Waals surface area contributed by atoms with Crippen LogP contribution in [0.2, 0.25) is 0 Å². The Morgan fingerprint density at radius 2 is 1.78 bits per heavy atom. The van der Waals surface area contributed by atoms with Crippen molar-refractivity contribution in [1.29, 1.82) is 0 Å². The normalized spacial score (nSPS) is 26.0. The molecule has 126 valence electrons. The Morgan fingerprint density at radius 3 is 2.30 bits per heavy atom. The summed E-state index contributed by atoms with van der Waals surface area (Å²) in [5.74, 6) is -0.148. The second-order valence-electron chi connectivity index (χ2n) is 7.49. The monoisotopic (exact) mass is 336 g/mol. The standard InChI is InChI=1S/C17H24N2O3S/c1-16(2,3)13-5-7-14(8-6-13)23(21,22)19-12-4-9-17(19)10-11-18-15(17)20/h5-8H,4,9-12H2,1-3H3,(H,18,20)/t17-/m1/s1. The summed E-state index contributed by atoms with van der Waals surface area (Å²) in [7, 11) is -3.65. The summed E-state index contributed by atoms with van der Waals surface area (Å²) in [5, 5.41) is 2.79. The number of sulfonamides is 1. The first-order valence-electron chi connectivity index (χ1n) is 8.10. The molecule has 0 aromatic heterocycles. The van der Waals surface area contributed by atoms with Crippen LogP contribution in [0.1, 0.15) is 45.6 Å². The second-order valence-corrected chi connectivity index (χ2v) is 9.35. The minimum atomic E-state index is -3.65. The van der Waals surface area contributed by atoms with E-state index in [9.17, 15) is 13.2 Å². The number of nitrogens with zero attached hydrogens (tertiary/aromatic N) is 1. The molecule has 23 heavy (non-hydrogen) atoms. The van der Waals surface area contributed by atoms with E-state index < -0.39 is 15.6 Å². The molecule has 2 aliphatic heterocycles. The number of hydrogen-bond acceptors (Lipinski definition) is 3. The highest BCUT2D eigenvalue weighted by molar-refractivity contribution is 7.89. The first-order valence-corrected chi connectivity index (χ1v) is 9.54. The highest BCUT2D eigenvalue weighted by Crippen LogP contribution is 2.39. The molecule has 3 rings (SSSR count). The summed E-state index contributed by atoms with van der Waals surface area (Å²) in [4.78, 5) is 12.5. The lowest BCUT2D eigenvalue weighted by Crippen LogP contribution is -2.52. The fourth-order valence-corrected chi connectivity index (χ4v) is 5.43. The van der Waals surface area contributed by atoms with Crippen LogP contribution in [0.3, 0.4) is 0 Å². The molecule has 6 heteroatoms. The Balaban J connectivity index is 1.97. The molecule has 1 atom stereocenters. The molecule has 2 heterocycles. The molecule has 2 saturated heterocycles. The summed E-state index contributed by atoms with van der Waals surface area (Å²) in [6, 6.07) is 7.05. The van der Waals surface area contributed by atoms with E-state index in [4.69, 9.17) is 0 Å². The Bertz CT molecular complexity index is 715. The van der Waals surface area contributed by atoms with Gasteiger partial charge in [0.25, 0.3) is 0 Å². The summed E-state index contributed by atoms with van der Waals surface area (Å²) in [5.41, 5.74) is 0.190. The van der Waals surface area contributed by atoms with Crippen LogP contribution in [0.5, 0.6) is 0 Å². The van der Waals surface area contributed by atoms with Crippen LogP contribution in [-0.4, -0.2) is 37.3 Å². The van der Waals surface area contributed by atoms with Crippen molar-refractivity contribution in [2.24, 2.45) is 0 Å². The molecule has 1 aromatic carbocycles. The topological polar surface area (TPSA) is 66.5 Å². The zero-order valence-electron chi connectivity index (χ0n) is 13.9. The predicted molar refractivity (Wildman–Crippen MR) is 88.6 cm³/mol. The van der Waals surface area contributed by atoms with Crippen LogP contribution in [0.15, 0.2) is 29.2 Å². The van der Waals surface area contributed by atoms with Crippen LogP contribution >= 0.6 is 0 Å². The number of rotatable bonds is 2. The van der Waals surface area contributed by atoms with Crippen molar-refractivity contribution in [3.8, 4) is 0 Å². The quantitative estimate of drug-likeness (QED) is 0.898. The molecule has 0 saturated carbocycles. The minimum Gasteiger partial charge on any atom is -0.354 e. The zero-order chi connectivity index (χ0) is 16.9. The molecule has 1 spiro atoms. The average Bonchev–Trinajstić information content (AvgIpc) is 3.07. The fourth-order valence-electron chi connectivity index (χ4n) is 3.60. The van der Waals surface area contributed by atoms with Gasteiger partial charge in [-0.1, -0.05) is 32.9 Å². The van der Waals surface area contributed by atoms with Crippen LogP contribution in [-0.2, 0) is 20.2 Å². The van der Waals surface area contributed by atoms with Gasteiger partial charge in [0.05, 0.1) is 4.90 Å². The largest absolute Gasteiger partial charge is 0.354 e. The molecule has 2 aliphatic rings. The smallest absolute Gasteiger partial charge is 0.244 e. The Morgan fingerprint density at radius 1 is 1.13 bits per heavy atom. The maximum atomic E-state index is 13.0. The Labute approximate surface area is 138 Å². The third kappa shape index (κ3) is 2.58. The number of benzene rings is 1. The van der Waals surface area contributed by atoms with Gasteiger partial charge in [-0.3, -0.25) is 4.79 Å². The first kappa shape index (κ1) is 16.5. The summed E-state index contributed by atoms with van der Waals surface area (Å²) in [6.45, 7) is 7.24. The van der Waals surface area contributed by atoms with Crippen LogP contribution < -0.4 is 5.32 Å². The number of carbonyl (C=O) groups excluding carboxylic acids is 1. The molecule has 1 N–H and O–H groups in total. The SMILES string of the molecule is CC(C)(C)c1ccc(S(=O)(=O)N2CCC[C@]23CCNC3=O)cc1. The van der Waals surface area contributed by atoms with Gasteiger partial charge in [-0.2, -0.15) is 4.31 Å². The van der Waals surface area contributed by atoms with Gasteiger partial charge in [0.1, 0.15) is 5.54 Å². The molecule has 2 fully saturated rings. The van der Waals surface area contributed by atoms with Crippen molar-refractivity contribution in [3.05, 3.63) is 29.8 Å². The summed E-state index contributed by atoms with van der Waals surface area (Å²) >= 11 is 0. The van der Waals surface area contributed by atoms with Gasteiger partial charge in [-0.15, -0.1) is 0 Å². The van der Waals surface area contributed by atoms with Gasteiger partial charge >= 0.3 is 0 Å². The maximum Gasteiger partial charge on any atom is 0.244 e. The highest BCUT2D eigenvalue weighted by Gasteiger charge is 2.54. The molecular weight excluding hydrogens is 312 g/mol. The Kier molecular flexibility index (Phi) is 3.80. The van der Waals surface area contributed by atoms with Gasteiger partial charge in [-0.25, -0.2) is 8.42 Å². The summed E-state index contributed by atoms with van der Waals surface area (Å²) in [6.07, 6.45) is 1.90. The van der Waals surface area contributed by atoms with Gasteiger partial charge in [-0.05, 0) is 42.4 Å². The Hall–Kier alpha value is -1.40. The molecule has 0 bridgehead atoms. The lowest BCUT2D eigenvalue weighted by Gasteiger charge is -2.31.